The van der Waals surface area contributed by atoms with Gasteiger partial charge in [-0.3, -0.25) is 0 Å². The first-order chi connectivity index (χ1) is 5.61. The Kier molecular flexibility index (Phi) is 7.54. The van der Waals surface area contributed by atoms with E-state index in [0.717, 1.165) is 3.92 Å². The zero-order valence-corrected chi connectivity index (χ0v) is 11.0. The van der Waals surface area contributed by atoms with Gasteiger partial charge < -0.3 is 4.90 Å². The lowest BCUT2D eigenvalue weighted by atomic mass is 10.2. The molecule has 74 valence electrons. The van der Waals surface area contributed by atoms with Crippen molar-refractivity contribution in [2.45, 2.75) is 50.5 Å². The van der Waals surface area contributed by atoms with Crippen LogP contribution in [0.3, 0.4) is 0 Å². The standard InChI is InChI=1S/C10H22IN/c1-5-10(11)7-8-12(6-2)9(3)4/h9-10H,5-8H2,1-4H3. The van der Waals surface area contributed by atoms with Crippen molar-refractivity contribution in [2.75, 3.05) is 13.1 Å². The number of halogens is 1. The molecule has 0 saturated carbocycles. The van der Waals surface area contributed by atoms with E-state index in [2.05, 4.69) is 55.2 Å². The van der Waals surface area contributed by atoms with E-state index in [0.29, 0.717) is 6.04 Å². The van der Waals surface area contributed by atoms with Crippen molar-refractivity contribution in [1.82, 2.24) is 4.90 Å². The van der Waals surface area contributed by atoms with Crippen LogP contribution in [0.4, 0.5) is 0 Å². The molecule has 2 heteroatoms. The van der Waals surface area contributed by atoms with E-state index in [9.17, 15) is 0 Å². The molecule has 0 aromatic heterocycles. The molecule has 0 radical (unpaired) electrons. The second-order valence-electron chi connectivity index (χ2n) is 3.52. The molecule has 12 heavy (non-hydrogen) atoms. The van der Waals surface area contributed by atoms with Crippen LogP contribution < -0.4 is 0 Å². The molecule has 1 nitrogen and oxygen atoms in total. The van der Waals surface area contributed by atoms with Gasteiger partial charge in [0, 0.05) is 9.97 Å². The summed E-state index contributed by atoms with van der Waals surface area (Å²) in [5.74, 6) is 0. The van der Waals surface area contributed by atoms with E-state index < -0.39 is 0 Å². The minimum atomic E-state index is 0.704. The molecule has 0 aromatic rings. The summed E-state index contributed by atoms with van der Waals surface area (Å²) < 4.78 is 0.857. The molecule has 0 fully saturated rings. The number of rotatable bonds is 6. The highest BCUT2D eigenvalue weighted by Gasteiger charge is 2.08. The number of alkyl halides is 1. The molecule has 0 bridgehead atoms. The Hall–Kier alpha value is 0.690. The normalized spacial score (nSPS) is 14.2. The molecular formula is C10H22IN. The summed E-state index contributed by atoms with van der Waals surface area (Å²) in [7, 11) is 0. The number of hydrogen-bond acceptors (Lipinski definition) is 1. The van der Waals surface area contributed by atoms with E-state index >= 15 is 0 Å². The van der Waals surface area contributed by atoms with Crippen LogP contribution >= 0.6 is 22.6 Å². The molecule has 1 atom stereocenters. The summed E-state index contributed by atoms with van der Waals surface area (Å²) in [6.07, 6.45) is 2.64. The van der Waals surface area contributed by atoms with Gasteiger partial charge in [0.15, 0.2) is 0 Å². The van der Waals surface area contributed by atoms with Crippen molar-refractivity contribution in [3.05, 3.63) is 0 Å². The van der Waals surface area contributed by atoms with Crippen molar-refractivity contribution in [3.8, 4) is 0 Å². The highest BCUT2D eigenvalue weighted by Crippen LogP contribution is 2.11. The zero-order chi connectivity index (χ0) is 9.56. The molecule has 1 unspecified atom stereocenters. The maximum absolute atomic E-state index is 2.55. The van der Waals surface area contributed by atoms with Gasteiger partial charge in [-0.15, -0.1) is 0 Å². The van der Waals surface area contributed by atoms with Gasteiger partial charge in [-0.2, -0.15) is 0 Å². The van der Waals surface area contributed by atoms with E-state index in [4.69, 9.17) is 0 Å². The van der Waals surface area contributed by atoms with E-state index in [1.165, 1.54) is 25.9 Å². The lowest BCUT2D eigenvalue weighted by molar-refractivity contribution is 0.231. The van der Waals surface area contributed by atoms with Crippen molar-refractivity contribution < 1.29 is 0 Å². The summed E-state index contributed by atoms with van der Waals surface area (Å²) in [6.45, 7) is 11.5. The largest absolute Gasteiger partial charge is 0.301 e. The van der Waals surface area contributed by atoms with Crippen molar-refractivity contribution in [3.63, 3.8) is 0 Å². The quantitative estimate of drug-likeness (QED) is 0.534. The molecule has 0 saturated heterocycles. The van der Waals surface area contributed by atoms with Gasteiger partial charge in [0.05, 0.1) is 0 Å². The highest BCUT2D eigenvalue weighted by molar-refractivity contribution is 14.1. The van der Waals surface area contributed by atoms with Crippen molar-refractivity contribution in [2.24, 2.45) is 0 Å². The van der Waals surface area contributed by atoms with Gasteiger partial charge in [-0.25, -0.2) is 0 Å². The minimum Gasteiger partial charge on any atom is -0.301 e. The average molecular weight is 283 g/mol. The first-order valence-electron chi connectivity index (χ1n) is 4.99. The number of nitrogens with zero attached hydrogens (tertiary/aromatic N) is 1. The van der Waals surface area contributed by atoms with Crippen LogP contribution in [-0.4, -0.2) is 28.0 Å². The first-order valence-corrected chi connectivity index (χ1v) is 6.24. The predicted molar refractivity (Wildman–Crippen MR) is 65.1 cm³/mol. The second-order valence-corrected chi connectivity index (χ2v) is 5.28. The Bertz CT molecular complexity index is 104. The molecular weight excluding hydrogens is 261 g/mol. The van der Waals surface area contributed by atoms with Crippen LogP contribution in [0.2, 0.25) is 0 Å². The SMILES string of the molecule is CCC(I)CCN(CC)C(C)C. The Morgan fingerprint density at radius 2 is 1.83 bits per heavy atom. The minimum absolute atomic E-state index is 0.704. The van der Waals surface area contributed by atoms with E-state index in [-0.39, 0.29) is 0 Å². The Morgan fingerprint density at radius 1 is 1.25 bits per heavy atom. The van der Waals surface area contributed by atoms with Crippen LogP contribution in [0.15, 0.2) is 0 Å². The summed E-state index contributed by atoms with van der Waals surface area (Å²) in [4.78, 5) is 2.53. The average Bonchev–Trinajstić information content (AvgIpc) is 2.04. The smallest absolute Gasteiger partial charge is 0.0119 e. The van der Waals surface area contributed by atoms with Crippen LogP contribution in [0.25, 0.3) is 0 Å². The topological polar surface area (TPSA) is 3.24 Å². The lowest BCUT2D eigenvalue weighted by Crippen LogP contribution is -2.32. The lowest BCUT2D eigenvalue weighted by Gasteiger charge is -2.25. The van der Waals surface area contributed by atoms with Crippen LogP contribution in [0.5, 0.6) is 0 Å². The van der Waals surface area contributed by atoms with E-state index in [1.807, 2.05) is 0 Å². The fourth-order valence-corrected chi connectivity index (χ4v) is 1.57. The third-order valence-corrected chi connectivity index (χ3v) is 3.81. The van der Waals surface area contributed by atoms with Crippen LogP contribution in [-0.2, 0) is 0 Å². The molecule has 0 aliphatic carbocycles. The monoisotopic (exact) mass is 283 g/mol. The maximum atomic E-state index is 2.55. The number of hydrogen-bond donors (Lipinski definition) is 0. The van der Waals surface area contributed by atoms with Crippen LogP contribution in [0, 0.1) is 0 Å². The van der Waals surface area contributed by atoms with Gasteiger partial charge in [-0.1, -0.05) is 36.4 Å². The fraction of sp³-hybridized carbons (Fsp3) is 1.00. The molecule has 0 heterocycles. The first kappa shape index (κ1) is 12.7. The van der Waals surface area contributed by atoms with Gasteiger partial charge >= 0.3 is 0 Å². The van der Waals surface area contributed by atoms with Gasteiger partial charge in [0.2, 0.25) is 0 Å². The maximum Gasteiger partial charge on any atom is 0.0119 e. The Morgan fingerprint density at radius 3 is 2.17 bits per heavy atom. The second kappa shape index (κ2) is 7.13. The molecule has 0 N–H and O–H groups in total. The third kappa shape index (κ3) is 5.36. The molecule has 0 aromatic carbocycles. The van der Waals surface area contributed by atoms with Gasteiger partial charge in [0.25, 0.3) is 0 Å². The summed E-state index contributed by atoms with van der Waals surface area (Å²) in [6, 6.07) is 0.704. The van der Waals surface area contributed by atoms with E-state index in [1.54, 1.807) is 0 Å². The Balaban J connectivity index is 3.58. The molecule has 0 rings (SSSR count). The summed E-state index contributed by atoms with van der Waals surface area (Å²) >= 11 is 2.55. The fourth-order valence-electron chi connectivity index (χ4n) is 1.29. The zero-order valence-electron chi connectivity index (χ0n) is 8.81. The Labute approximate surface area is 91.0 Å². The highest BCUT2D eigenvalue weighted by atomic mass is 127. The predicted octanol–water partition coefficient (Wildman–Crippen LogP) is 3.32. The van der Waals surface area contributed by atoms with Crippen molar-refractivity contribution >= 4 is 22.6 Å². The third-order valence-electron chi connectivity index (χ3n) is 2.31. The van der Waals surface area contributed by atoms with Crippen molar-refractivity contribution in [1.29, 1.82) is 0 Å². The van der Waals surface area contributed by atoms with Gasteiger partial charge in [0.1, 0.15) is 0 Å². The van der Waals surface area contributed by atoms with Crippen LogP contribution in [0.1, 0.15) is 40.5 Å². The summed E-state index contributed by atoms with van der Waals surface area (Å²) in [5, 5.41) is 0. The molecule has 0 amide bonds. The molecule has 0 spiro atoms. The van der Waals surface area contributed by atoms with Gasteiger partial charge in [-0.05, 0) is 39.8 Å². The summed E-state index contributed by atoms with van der Waals surface area (Å²) in [5.41, 5.74) is 0. The molecule has 0 aliphatic heterocycles. The molecule has 0 aliphatic rings.